The summed E-state index contributed by atoms with van der Waals surface area (Å²) < 4.78 is 0. The van der Waals surface area contributed by atoms with Crippen molar-refractivity contribution in [1.82, 2.24) is 20.3 Å². The normalized spacial score (nSPS) is 18.5. The Kier molecular flexibility index (Phi) is 3.37. The second-order valence-electron chi connectivity index (χ2n) is 4.81. The highest BCUT2D eigenvalue weighted by Gasteiger charge is 2.18. The summed E-state index contributed by atoms with van der Waals surface area (Å²) in [5.74, 6) is 1.13. The molecule has 0 spiro atoms. The maximum atomic E-state index is 4.64. The van der Waals surface area contributed by atoms with Gasteiger partial charge in [0.1, 0.15) is 0 Å². The van der Waals surface area contributed by atoms with Gasteiger partial charge in [-0.25, -0.2) is 9.97 Å². The van der Waals surface area contributed by atoms with Crippen molar-refractivity contribution >= 4 is 11.6 Å². The number of rotatable bonds is 3. The molecule has 1 saturated heterocycles. The van der Waals surface area contributed by atoms with Gasteiger partial charge in [0.25, 0.3) is 0 Å². The quantitative estimate of drug-likeness (QED) is 0.878. The molecule has 0 aliphatic carbocycles. The molecule has 0 unspecified atom stereocenters. The molecule has 2 aromatic heterocycles. The molecule has 1 atom stereocenters. The molecular formula is C14H17N5. The number of aromatic nitrogens is 3. The van der Waals surface area contributed by atoms with Crippen LogP contribution in [0.2, 0.25) is 0 Å². The van der Waals surface area contributed by atoms with Gasteiger partial charge in [-0.05, 0) is 38.1 Å². The molecule has 1 fully saturated rings. The van der Waals surface area contributed by atoms with Crippen LogP contribution in [-0.4, -0.2) is 28.0 Å². The maximum absolute atomic E-state index is 4.64. The molecule has 2 N–H and O–H groups in total. The lowest BCUT2D eigenvalue weighted by Crippen LogP contribution is -2.09. The SMILES string of the molecule is Cc1cc(Nc2ncccn2)cc([C@@H]2CCNC2)n1. The number of nitrogens with zero attached hydrogens (tertiary/aromatic N) is 3. The Hall–Kier alpha value is -2.01. The van der Waals surface area contributed by atoms with Crippen molar-refractivity contribution in [2.45, 2.75) is 19.3 Å². The molecule has 5 nitrogen and oxygen atoms in total. The van der Waals surface area contributed by atoms with Gasteiger partial charge in [0.2, 0.25) is 5.95 Å². The average Bonchev–Trinajstić information content (AvgIpc) is 2.93. The van der Waals surface area contributed by atoms with Crippen LogP contribution in [0.25, 0.3) is 0 Å². The van der Waals surface area contributed by atoms with Gasteiger partial charge in [0.05, 0.1) is 0 Å². The van der Waals surface area contributed by atoms with Gasteiger partial charge >= 0.3 is 0 Å². The Bertz CT molecular complexity index is 549. The molecule has 1 aliphatic rings. The molecule has 0 bridgehead atoms. The van der Waals surface area contributed by atoms with Crippen LogP contribution < -0.4 is 10.6 Å². The van der Waals surface area contributed by atoms with Crippen LogP contribution in [0.15, 0.2) is 30.6 Å². The maximum Gasteiger partial charge on any atom is 0.227 e. The molecule has 0 radical (unpaired) electrons. The third kappa shape index (κ3) is 2.88. The van der Waals surface area contributed by atoms with E-state index in [1.165, 1.54) is 0 Å². The van der Waals surface area contributed by atoms with Crippen LogP contribution in [0, 0.1) is 6.92 Å². The Morgan fingerprint density at radius 3 is 2.84 bits per heavy atom. The van der Waals surface area contributed by atoms with E-state index in [4.69, 9.17) is 0 Å². The largest absolute Gasteiger partial charge is 0.324 e. The molecule has 3 heterocycles. The van der Waals surface area contributed by atoms with E-state index >= 15 is 0 Å². The van der Waals surface area contributed by atoms with E-state index in [2.05, 4.69) is 31.7 Å². The van der Waals surface area contributed by atoms with E-state index in [0.717, 1.165) is 36.6 Å². The zero-order valence-electron chi connectivity index (χ0n) is 10.9. The van der Waals surface area contributed by atoms with Crippen LogP contribution in [0.4, 0.5) is 11.6 Å². The lowest BCUT2D eigenvalue weighted by atomic mass is 10.0. The smallest absolute Gasteiger partial charge is 0.227 e. The Labute approximate surface area is 112 Å². The summed E-state index contributed by atoms with van der Waals surface area (Å²) in [5.41, 5.74) is 3.16. The van der Waals surface area contributed by atoms with Crippen LogP contribution in [-0.2, 0) is 0 Å². The van der Waals surface area contributed by atoms with Crippen molar-refractivity contribution in [3.05, 3.63) is 42.0 Å². The monoisotopic (exact) mass is 255 g/mol. The van der Waals surface area contributed by atoms with Crippen LogP contribution in [0.1, 0.15) is 23.7 Å². The van der Waals surface area contributed by atoms with Crippen molar-refractivity contribution in [2.75, 3.05) is 18.4 Å². The van der Waals surface area contributed by atoms with Crippen LogP contribution in [0.3, 0.4) is 0 Å². The molecule has 1 aliphatic heterocycles. The van der Waals surface area contributed by atoms with Crippen molar-refractivity contribution in [3.8, 4) is 0 Å². The van der Waals surface area contributed by atoms with Gasteiger partial charge in [-0.3, -0.25) is 4.98 Å². The summed E-state index contributed by atoms with van der Waals surface area (Å²) in [6.07, 6.45) is 4.61. The molecule has 5 heteroatoms. The van der Waals surface area contributed by atoms with E-state index in [-0.39, 0.29) is 0 Å². The number of anilines is 2. The van der Waals surface area contributed by atoms with E-state index < -0.39 is 0 Å². The zero-order valence-corrected chi connectivity index (χ0v) is 10.9. The summed E-state index contributed by atoms with van der Waals surface area (Å²) in [4.78, 5) is 13.0. The summed E-state index contributed by atoms with van der Waals surface area (Å²) in [6, 6.07) is 5.92. The summed E-state index contributed by atoms with van der Waals surface area (Å²) in [5, 5.41) is 6.60. The van der Waals surface area contributed by atoms with E-state index in [9.17, 15) is 0 Å². The number of aryl methyl sites for hydroxylation is 1. The second kappa shape index (κ2) is 5.32. The first-order chi connectivity index (χ1) is 9.31. The Balaban J connectivity index is 1.85. The van der Waals surface area contributed by atoms with E-state index in [0.29, 0.717) is 11.9 Å². The molecule has 0 saturated carbocycles. The highest BCUT2D eigenvalue weighted by atomic mass is 15.1. The lowest BCUT2D eigenvalue weighted by Gasteiger charge is -2.12. The third-order valence-corrected chi connectivity index (χ3v) is 3.27. The molecular weight excluding hydrogens is 238 g/mol. The molecule has 2 aromatic rings. The van der Waals surface area contributed by atoms with Crippen molar-refractivity contribution < 1.29 is 0 Å². The molecule has 0 aromatic carbocycles. The standard InChI is InChI=1S/C14H17N5/c1-10-7-12(19-14-16-4-2-5-17-14)8-13(18-10)11-3-6-15-9-11/h2,4-5,7-8,11,15H,3,6,9H2,1H3,(H,16,17,18,19)/t11-/m1/s1. The minimum atomic E-state index is 0.511. The van der Waals surface area contributed by atoms with Crippen LogP contribution >= 0.6 is 0 Å². The molecule has 3 rings (SSSR count). The minimum Gasteiger partial charge on any atom is -0.324 e. The number of pyridine rings is 1. The second-order valence-corrected chi connectivity index (χ2v) is 4.81. The average molecular weight is 255 g/mol. The molecule has 98 valence electrons. The summed E-state index contributed by atoms with van der Waals surface area (Å²) >= 11 is 0. The minimum absolute atomic E-state index is 0.511. The van der Waals surface area contributed by atoms with Gasteiger partial charge < -0.3 is 10.6 Å². The number of hydrogen-bond acceptors (Lipinski definition) is 5. The van der Waals surface area contributed by atoms with E-state index in [1.807, 2.05) is 13.0 Å². The van der Waals surface area contributed by atoms with Gasteiger partial charge in [0.15, 0.2) is 0 Å². The Morgan fingerprint density at radius 2 is 2.11 bits per heavy atom. The van der Waals surface area contributed by atoms with Crippen molar-refractivity contribution in [1.29, 1.82) is 0 Å². The fourth-order valence-electron chi connectivity index (χ4n) is 2.38. The number of nitrogens with one attached hydrogen (secondary N) is 2. The zero-order chi connectivity index (χ0) is 13.1. The lowest BCUT2D eigenvalue weighted by molar-refractivity contribution is 0.731. The van der Waals surface area contributed by atoms with Crippen molar-refractivity contribution in [2.24, 2.45) is 0 Å². The number of hydrogen-bond donors (Lipinski definition) is 2. The molecule has 19 heavy (non-hydrogen) atoms. The predicted molar refractivity (Wildman–Crippen MR) is 74.5 cm³/mol. The first-order valence-electron chi connectivity index (χ1n) is 6.54. The third-order valence-electron chi connectivity index (χ3n) is 3.27. The molecule has 0 amide bonds. The highest BCUT2D eigenvalue weighted by molar-refractivity contribution is 5.54. The summed E-state index contributed by atoms with van der Waals surface area (Å²) in [6.45, 7) is 4.10. The highest BCUT2D eigenvalue weighted by Crippen LogP contribution is 2.24. The van der Waals surface area contributed by atoms with Crippen molar-refractivity contribution in [3.63, 3.8) is 0 Å². The first-order valence-corrected chi connectivity index (χ1v) is 6.54. The topological polar surface area (TPSA) is 62.7 Å². The Morgan fingerprint density at radius 1 is 1.26 bits per heavy atom. The predicted octanol–water partition coefficient (Wildman–Crippen LogP) is 2.00. The van der Waals surface area contributed by atoms with E-state index in [1.54, 1.807) is 18.5 Å². The fraction of sp³-hybridized carbons (Fsp3) is 0.357. The first kappa shape index (κ1) is 12.0. The van der Waals surface area contributed by atoms with Gasteiger partial charge in [-0.1, -0.05) is 0 Å². The summed E-state index contributed by atoms with van der Waals surface area (Å²) in [7, 11) is 0. The fourth-order valence-corrected chi connectivity index (χ4v) is 2.38. The van der Waals surface area contributed by atoms with Crippen LogP contribution in [0.5, 0.6) is 0 Å². The van der Waals surface area contributed by atoms with Gasteiger partial charge in [-0.15, -0.1) is 0 Å². The van der Waals surface area contributed by atoms with Gasteiger partial charge in [0, 0.05) is 41.9 Å². The van der Waals surface area contributed by atoms with Gasteiger partial charge in [-0.2, -0.15) is 0 Å².